The van der Waals surface area contributed by atoms with Crippen molar-refractivity contribution in [3.05, 3.63) is 10.8 Å². The topological polar surface area (TPSA) is 55.0 Å². The Kier molecular flexibility index (Phi) is 4.32. The molecule has 0 aliphatic rings. The van der Waals surface area contributed by atoms with Crippen LogP contribution in [0.2, 0.25) is 0 Å². The smallest absolute Gasteiger partial charge is 0.148 e. The maximum absolute atomic E-state index is 5.70. The van der Waals surface area contributed by atoms with Crippen LogP contribution in [0.3, 0.4) is 0 Å². The summed E-state index contributed by atoms with van der Waals surface area (Å²) < 4.78 is 0.774. The molecule has 1 unspecified atom stereocenters. The Labute approximate surface area is 99.0 Å². The van der Waals surface area contributed by atoms with Crippen LogP contribution >= 0.6 is 15.9 Å². The summed E-state index contributed by atoms with van der Waals surface area (Å²) in [6.07, 6.45) is 2.64. The van der Waals surface area contributed by atoms with Gasteiger partial charge in [-0.1, -0.05) is 20.3 Å². The molecule has 1 aromatic heterocycles. The number of aromatic nitrogens is 2. The van der Waals surface area contributed by atoms with E-state index in [1.165, 1.54) is 6.33 Å². The number of rotatable bonds is 4. The van der Waals surface area contributed by atoms with E-state index in [1.54, 1.807) is 0 Å². The standard InChI is InChI=1S/C10H17BrN4/c1-4-7(2)5-15(3)10-8(11)9(12)13-6-14-10/h6-7H,4-5H2,1-3H3,(H2,12,13,14). The van der Waals surface area contributed by atoms with Crippen LogP contribution in [0.4, 0.5) is 11.6 Å². The van der Waals surface area contributed by atoms with Crippen molar-refractivity contribution in [1.82, 2.24) is 9.97 Å². The summed E-state index contributed by atoms with van der Waals surface area (Å²) in [6.45, 7) is 5.36. The highest BCUT2D eigenvalue weighted by Gasteiger charge is 2.12. The van der Waals surface area contributed by atoms with Gasteiger partial charge in [0.15, 0.2) is 0 Å². The number of nitrogens with two attached hydrogens (primary N) is 1. The molecule has 0 amide bonds. The lowest BCUT2D eigenvalue weighted by atomic mass is 10.1. The maximum Gasteiger partial charge on any atom is 0.148 e. The molecular weight excluding hydrogens is 256 g/mol. The fourth-order valence-electron chi connectivity index (χ4n) is 1.32. The summed E-state index contributed by atoms with van der Waals surface area (Å²) in [6, 6.07) is 0. The van der Waals surface area contributed by atoms with Crippen molar-refractivity contribution in [3.8, 4) is 0 Å². The summed E-state index contributed by atoms with van der Waals surface area (Å²) in [5, 5.41) is 0. The fraction of sp³-hybridized carbons (Fsp3) is 0.600. The second-order valence-electron chi connectivity index (χ2n) is 3.79. The number of halogens is 1. The average molecular weight is 273 g/mol. The van der Waals surface area contributed by atoms with Gasteiger partial charge in [0.2, 0.25) is 0 Å². The lowest BCUT2D eigenvalue weighted by molar-refractivity contribution is 0.557. The molecule has 1 atom stereocenters. The highest BCUT2D eigenvalue weighted by atomic mass is 79.9. The minimum Gasteiger partial charge on any atom is -0.383 e. The highest BCUT2D eigenvalue weighted by molar-refractivity contribution is 9.10. The van der Waals surface area contributed by atoms with Gasteiger partial charge in [-0.25, -0.2) is 9.97 Å². The fourth-order valence-corrected chi connectivity index (χ4v) is 1.83. The number of hydrogen-bond acceptors (Lipinski definition) is 4. The van der Waals surface area contributed by atoms with E-state index in [2.05, 4.69) is 44.6 Å². The molecule has 0 saturated heterocycles. The van der Waals surface area contributed by atoms with Gasteiger partial charge >= 0.3 is 0 Å². The molecule has 84 valence electrons. The molecule has 0 bridgehead atoms. The molecule has 0 aliphatic heterocycles. The third kappa shape index (κ3) is 3.06. The molecule has 0 aliphatic carbocycles. The minimum atomic E-state index is 0.482. The number of nitrogens with zero attached hydrogens (tertiary/aromatic N) is 3. The van der Waals surface area contributed by atoms with E-state index >= 15 is 0 Å². The van der Waals surface area contributed by atoms with Gasteiger partial charge in [-0.15, -0.1) is 0 Å². The van der Waals surface area contributed by atoms with E-state index in [0.29, 0.717) is 11.7 Å². The van der Waals surface area contributed by atoms with Crippen LogP contribution < -0.4 is 10.6 Å². The zero-order valence-corrected chi connectivity index (χ0v) is 11.0. The molecule has 0 fully saturated rings. The zero-order chi connectivity index (χ0) is 11.4. The van der Waals surface area contributed by atoms with Crippen LogP contribution in [0.25, 0.3) is 0 Å². The van der Waals surface area contributed by atoms with Crippen LogP contribution in [0.1, 0.15) is 20.3 Å². The first-order chi connectivity index (χ1) is 7.06. The van der Waals surface area contributed by atoms with Crippen molar-refractivity contribution >= 4 is 27.6 Å². The molecule has 5 heteroatoms. The first kappa shape index (κ1) is 12.2. The Balaban J connectivity index is 2.82. The Morgan fingerprint density at radius 2 is 2.20 bits per heavy atom. The lowest BCUT2D eigenvalue weighted by Crippen LogP contribution is -2.25. The Morgan fingerprint density at radius 3 is 2.80 bits per heavy atom. The summed E-state index contributed by atoms with van der Waals surface area (Å²) in [7, 11) is 2.01. The maximum atomic E-state index is 5.70. The predicted octanol–water partition coefficient (Wildman–Crippen LogP) is 2.30. The van der Waals surface area contributed by atoms with E-state index in [9.17, 15) is 0 Å². The number of anilines is 2. The third-order valence-corrected chi connectivity index (χ3v) is 3.20. The molecule has 0 spiro atoms. The first-order valence-electron chi connectivity index (χ1n) is 5.03. The highest BCUT2D eigenvalue weighted by Crippen LogP contribution is 2.27. The van der Waals surface area contributed by atoms with Crippen molar-refractivity contribution in [1.29, 1.82) is 0 Å². The zero-order valence-electron chi connectivity index (χ0n) is 9.37. The molecule has 0 aromatic carbocycles. The van der Waals surface area contributed by atoms with Gasteiger partial charge < -0.3 is 10.6 Å². The molecular formula is C10H17BrN4. The van der Waals surface area contributed by atoms with Crippen molar-refractivity contribution in [2.45, 2.75) is 20.3 Å². The van der Waals surface area contributed by atoms with E-state index in [-0.39, 0.29) is 0 Å². The van der Waals surface area contributed by atoms with E-state index in [1.807, 2.05) is 7.05 Å². The molecule has 1 aromatic rings. The Bertz CT molecular complexity index is 329. The largest absolute Gasteiger partial charge is 0.383 e. The first-order valence-corrected chi connectivity index (χ1v) is 5.82. The molecule has 0 radical (unpaired) electrons. The van der Waals surface area contributed by atoms with Gasteiger partial charge in [0.25, 0.3) is 0 Å². The van der Waals surface area contributed by atoms with Gasteiger partial charge in [0.05, 0.1) is 0 Å². The van der Waals surface area contributed by atoms with E-state index < -0.39 is 0 Å². The van der Waals surface area contributed by atoms with Crippen molar-refractivity contribution in [3.63, 3.8) is 0 Å². The van der Waals surface area contributed by atoms with Crippen LogP contribution in [-0.2, 0) is 0 Å². The quantitative estimate of drug-likeness (QED) is 0.914. The van der Waals surface area contributed by atoms with Gasteiger partial charge in [-0.05, 0) is 21.8 Å². The second kappa shape index (κ2) is 5.30. The van der Waals surface area contributed by atoms with Crippen molar-refractivity contribution < 1.29 is 0 Å². The Hall–Kier alpha value is -0.840. The van der Waals surface area contributed by atoms with Gasteiger partial charge in [-0.2, -0.15) is 0 Å². The van der Waals surface area contributed by atoms with Gasteiger partial charge in [-0.3, -0.25) is 0 Å². The lowest BCUT2D eigenvalue weighted by Gasteiger charge is -2.22. The normalized spacial score (nSPS) is 12.5. The second-order valence-corrected chi connectivity index (χ2v) is 4.58. The van der Waals surface area contributed by atoms with Gasteiger partial charge in [0.1, 0.15) is 22.4 Å². The molecule has 4 nitrogen and oxygen atoms in total. The van der Waals surface area contributed by atoms with Crippen molar-refractivity contribution in [2.75, 3.05) is 24.2 Å². The van der Waals surface area contributed by atoms with E-state index in [0.717, 1.165) is 23.3 Å². The summed E-state index contributed by atoms with van der Waals surface area (Å²) in [5.74, 6) is 1.97. The molecule has 15 heavy (non-hydrogen) atoms. The van der Waals surface area contributed by atoms with Crippen LogP contribution in [0.15, 0.2) is 10.8 Å². The number of nitrogen functional groups attached to an aromatic ring is 1. The predicted molar refractivity (Wildman–Crippen MR) is 66.9 cm³/mol. The molecule has 1 rings (SSSR count). The van der Waals surface area contributed by atoms with Crippen LogP contribution in [0.5, 0.6) is 0 Å². The third-order valence-electron chi connectivity index (χ3n) is 2.44. The Morgan fingerprint density at radius 1 is 1.53 bits per heavy atom. The minimum absolute atomic E-state index is 0.482. The van der Waals surface area contributed by atoms with Crippen LogP contribution in [0, 0.1) is 5.92 Å². The molecule has 1 heterocycles. The summed E-state index contributed by atoms with van der Waals surface area (Å²) >= 11 is 3.40. The van der Waals surface area contributed by atoms with Gasteiger partial charge in [0, 0.05) is 13.6 Å². The summed E-state index contributed by atoms with van der Waals surface area (Å²) in [5.41, 5.74) is 5.70. The molecule has 2 N–H and O–H groups in total. The van der Waals surface area contributed by atoms with Crippen molar-refractivity contribution in [2.24, 2.45) is 5.92 Å². The monoisotopic (exact) mass is 272 g/mol. The van der Waals surface area contributed by atoms with E-state index in [4.69, 9.17) is 5.73 Å². The average Bonchev–Trinajstić information content (AvgIpc) is 2.21. The SMILES string of the molecule is CCC(C)CN(C)c1ncnc(N)c1Br. The van der Waals surface area contributed by atoms with Crippen LogP contribution in [-0.4, -0.2) is 23.6 Å². The molecule has 0 saturated carbocycles. The summed E-state index contributed by atoms with van der Waals surface area (Å²) in [4.78, 5) is 10.2. The number of hydrogen-bond donors (Lipinski definition) is 1.